The molecule has 108 valence electrons. The molecule has 6 heteroatoms. The number of rotatable bonds is 7. The van der Waals surface area contributed by atoms with Gasteiger partial charge in [-0.05, 0) is 24.8 Å². The molecule has 0 bridgehead atoms. The van der Waals surface area contributed by atoms with Crippen molar-refractivity contribution >= 4 is 22.8 Å². The van der Waals surface area contributed by atoms with Crippen LogP contribution in [0.15, 0.2) is 18.6 Å². The fraction of sp³-hybridized carbons (Fsp3) is 0.500. The predicted molar refractivity (Wildman–Crippen MR) is 77.6 cm³/mol. The Bertz CT molecular complexity index is 594. The van der Waals surface area contributed by atoms with Crippen LogP contribution in [0.25, 0.3) is 11.0 Å². The lowest BCUT2D eigenvalue weighted by Crippen LogP contribution is -2.09. The first-order valence-electron chi connectivity index (χ1n) is 6.79. The Labute approximate surface area is 117 Å². The lowest BCUT2D eigenvalue weighted by atomic mass is 10.0. The minimum Gasteiger partial charge on any atom is -0.481 e. The molecule has 2 aromatic heterocycles. The van der Waals surface area contributed by atoms with Crippen LogP contribution in [0.4, 0.5) is 5.82 Å². The van der Waals surface area contributed by atoms with Crippen molar-refractivity contribution in [1.29, 1.82) is 0 Å². The highest BCUT2D eigenvalue weighted by atomic mass is 16.4. The van der Waals surface area contributed by atoms with Crippen LogP contribution in [-0.2, 0) is 11.8 Å². The number of imidazole rings is 1. The highest BCUT2D eigenvalue weighted by Gasteiger charge is 2.08. The minimum atomic E-state index is -0.732. The monoisotopic (exact) mass is 276 g/mol. The molecule has 0 aromatic carbocycles. The van der Waals surface area contributed by atoms with Crippen LogP contribution in [0.2, 0.25) is 0 Å². The first-order valence-corrected chi connectivity index (χ1v) is 6.79. The summed E-state index contributed by atoms with van der Waals surface area (Å²) in [5.41, 5.74) is 1.91. The fourth-order valence-corrected chi connectivity index (χ4v) is 2.14. The molecule has 2 aromatic rings. The maximum absolute atomic E-state index is 10.5. The zero-order chi connectivity index (χ0) is 14.5. The van der Waals surface area contributed by atoms with Crippen LogP contribution in [0.5, 0.6) is 0 Å². The van der Waals surface area contributed by atoms with E-state index in [0.29, 0.717) is 12.3 Å². The SMILES string of the molecule is CC(CCNc1nccc2c1ncn2C)CCC(=O)O. The molecule has 0 saturated carbocycles. The summed E-state index contributed by atoms with van der Waals surface area (Å²) in [7, 11) is 1.95. The standard InChI is InChI=1S/C14H20N4O2/c1-10(3-4-12(19)20)5-7-15-14-13-11(6-8-16-14)18(2)9-17-13/h6,8-10H,3-5,7H2,1-2H3,(H,15,16)(H,19,20). The second kappa shape index (κ2) is 6.36. The third kappa shape index (κ3) is 3.46. The Morgan fingerprint density at radius 3 is 3.00 bits per heavy atom. The predicted octanol–water partition coefficient (Wildman–Crippen LogP) is 2.27. The largest absolute Gasteiger partial charge is 0.481 e. The third-order valence-corrected chi connectivity index (χ3v) is 3.42. The maximum Gasteiger partial charge on any atom is 0.303 e. The summed E-state index contributed by atoms with van der Waals surface area (Å²) < 4.78 is 1.96. The summed E-state index contributed by atoms with van der Waals surface area (Å²) >= 11 is 0. The van der Waals surface area contributed by atoms with Gasteiger partial charge in [0.05, 0.1) is 11.8 Å². The molecule has 0 aliphatic rings. The van der Waals surface area contributed by atoms with Gasteiger partial charge in [-0.1, -0.05) is 6.92 Å². The minimum absolute atomic E-state index is 0.231. The van der Waals surface area contributed by atoms with E-state index < -0.39 is 5.97 Å². The summed E-state index contributed by atoms with van der Waals surface area (Å²) in [6.07, 6.45) is 5.39. The average molecular weight is 276 g/mol. The number of nitrogens with zero attached hydrogens (tertiary/aromatic N) is 3. The highest BCUT2D eigenvalue weighted by molar-refractivity contribution is 5.85. The highest BCUT2D eigenvalue weighted by Crippen LogP contribution is 2.19. The Hall–Kier alpha value is -2.11. The number of aromatic nitrogens is 3. The number of fused-ring (bicyclic) bond motifs is 1. The molecule has 20 heavy (non-hydrogen) atoms. The van der Waals surface area contributed by atoms with E-state index in [2.05, 4.69) is 22.2 Å². The van der Waals surface area contributed by atoms with Gasteiger partial charge in [0.1, 0.15) is 5.52 Å². The van der Waals surface area contributed by atoms with Crippen molar-refractivity contribution in [2.75, 3.05) is 11.9 Å². The molecule has 0 saturated heterocycles. The van der Waals surface area contributed by atoms with E-state index in [0.717, 1.165) is 29.8 Å². The maximum atomic E-state index is 10.5. The van der Waals surface area contributed by atoms with Crippen molar-refractivity contribution < 1.29 is 9.90 Å². The summed E-state index contributed by atoms with van der Waals surface area (Å²) in [5.74, 6) is 0.430. The Morgan fingerprint density at radius 2 is 2.25 bits per heavy atom. The number of carboxylic acid groups (broad SMARTS) is 1. The molecule has 0 radical (unpaired) electrons. The Morgan fingerprint density at radius 1 is 1.45 bits per heavy atom. The van der Waals surface area contributed by atoms with Crippen molar-refractivity contribution in [3.8, 4) is 0 Å². The molecule has 0 amide bonds. The van der Waals surface area contributed by atoms with Gasteiger partial charge in [-0.15, -0.1) is 0 Å². The van der Waals surface area contributed by atoms with E-state index >= 15 is 0 Å². The molecule has 6 nitrogen and oxygen atoms in total. The summed E-state index contributed by atoms with van der Waals surface area (Å²) in [5, 5.41) is 11.9. The Balaban J connectivity index is 1.88. The number of pyridine rings is 1. The normalized spacial score (nSPS) is 12.5. The van der Waals surface area contributed by atoms with Crippen molar-refractivity contribution in [2.24, 2.45) is 13.0 Å². The molecule has 0 fully saturated rings. The van der Waals surface area contributed by atoms with Gasteiger partial charge in [-0.25, -0.2) is 9.97 Å². The van der Waals surface area contributed by atoms with Gasteiger partial charge < -0.3 is 15.0 Å². The topological polar surface area (TPSA) is 80.0 Å². The van der Waals surface area contributed by atoms with Crippen LogP contribution < -0.4 is 5.32 Å². The Kier molecular flexibility index (Phi) is 4.55. The second-order valence-electron chi connectivity index (χ2n) is 5.14. The number of hydrogen-bond acceptors (Lipinski definition) is 4. The molecule has 0 aliphatic carbocycles. The van der Waals surface area contributed by atoms with Crippen LogP contribution in [-0.4, -0.2) is 32.2 Å². The lowest BCUT2D eigenvalue weighted by molar-refractivity contribution is -0.137. The van der Waals surface area contributed by atoms with Crippen LogP contribution in [0.1, 0.15) is 26.2 Å². The second-order valence-corrected chi connectivity index (χ2v) is 5.14. The first kappa shape index (κ1) is 14.3. The number of aryl methyl sites for hydroxylation is 1. The van der Waals surface area contributed by atoms with Crippen molar-refractivity contribution in [2.45, 2.75) is 26.2 Å². The zero-order valence-corrected chi connectivity index (χ0v) is 11.8. The van der Waals surface area contributed by atoms with E-state index in [1.54, 1.807) is 12.5 Å². The van der Waals surface area contributed by atoms with Gasteiger partial charge in [0.2, 0.25) is 0 Å². The van der Waals surface area contributed by atoms with Gasteiger partial charge in [0.25, 0.3) is 0 Å². The van der Waals surface area contributed by atoms with E-state index in [1.165, 1.54) is 0 Å². The van der Waals surface area contributed by atoms with Gasteiger partial charge in [0.15, 0.2) is 5.82 Å². The summed E-state index contributed by atoms with van der Waals surface area (Å²) in [6.45, 7) is 2.84. The number of carboxylic acids is 1. The molecule has 2 N–H and O–H groups in total. The van der Waals surface area contributed by atoms with E-state index in [9.17, 15) is 4.79 Å². The number of hydrogen-bond donors (Lipinski definition) is 2. The number of aliphatic carboxylic acids is 1. The molecule has 1 atom stereocenters. The molecule has 2 rings (SSSR count). The first-order chi connectivity index (χ1) is 9.58. The smallest absolute Gasteiger partial charge is 0.303 e. The quantitative estimate of drug-likeness (QED) is 0.811. The number of anilines is 1. The van der Waals surface area contributed by atoms with Crippen molar-refractivity contribution in [3.63, 3.8) is 0 Å². The summed E-state index contributed by atoms with van der Waals surface area (Å²) in [6, 6.07) is 1.93. The van der Waals surface area contributed by atoms with Crippen molar-refractivity contribution in [1.82, 2.24) is 14.5 Å². The zero-order valence-electron chi connectivity index (χ0n) is 11.8. The van der Waals surface area contributed by atoms with Gasteiger partial charge >= 0.3 is 5.97 Å². The molecule has 0 aliphatic heterocycles. The lowest BCUT2D eigenvalue weighted by Gasteiger charge is -2.11. The third-order valence-electron chi connectivity index (χ3n) is 3.42. The summed E-state index contributed by atoms with van der Waals surface area (Å²) in [4.78, 5) is 19.2. The molecule has 2 heterocycles. The van der Waals surface area contributed by atoms with Gasteiger partial charge in [0, 0.05) is 26.2 Å². The molecule has 0 spiro atoms. The molecular formula is C14H20N4O2. The van der Waals surface area contributed by atoms with E-state index in [4.69, 9.17) is 5.11 Å². The average Bonchev–Trinajstić information content (AvgIpc) is 2.79. The molecule has 1 unspecified atom stereocenters. The van der Waals surface area contributed by atoms with Crippen LogP contribution in [0.3, 0.4) is 0 Å². The van der Waals surface area contributed by atoms with Gasteiger partial charge in [-0.2, -0.15) is 0 Å². The van der Waals surface area contributed by atoms with Crippen LogP contribution in [0, 0.1) is 5.92 Å². The van der Waals surface area contributed by atoms with E-state index in [1.807, 2.05) is 17.7 Å². The van der Waals surface area contributed by atoms with Gasteiger partial charge in [-0.3, -0.25) is 4.79 Å². The molecular weight excluding hydrogens is 256 g/mol. The number of carbonyl (C=O) groups is 1. The van der Waals surface area contributed by atoms with Crippen LogP contribution >= 0.6 is 0 Å². The fourth-order valence-electron chi connectivity index (χ4n) is 2.14. The van der Waals surface area contributed by atoms with E-state index in [-0.39, 0.29) is 6.42 Å². The number of nitrogens with one attached hydrogen (secondary N) is 1. The van der Waals surface area contributed by atoms with Crippen molar-refractivity contribution in [3.05, 3.63) is 18.6 Å².